The van der Waals surface area contributed by atoms with Crippen LogP contribution in [-0.4, -0.2) is 20.6 Å². The summed E-state index contributed by atoms with van der Waals surface area (Å²) in [4.78, 5) is 22.6. The van der Waals surface area contributed by atoms with Gasteiger partial charge >= 0.3 is 0 Å². The molecule has 0 saturated carbocycles. The van der Waals surface area contributed by atoms with Crippen molar-refractivity contribution >= 4 is 11.6 Å². The SMILES string of the molecule is CC(=O)n1nc(-c2ccccc2[N+](=O)[O-])cc1-c1ccccc1. The van der Waals surface area contributed by atoms with Gasteiger partial charge in [0.05, 0.1) is 16.2 Å². The molecular formula is C17H13N3O3. The molecule has 0 spiro atoms. The number of nitrogens with zero attached hydrogens (tertiary/aromatic N) is 3. The summed E-state index contributed by atoms with van der Waals surface area (Å²) in [6.07, 6.45) is 0. The van der Waals surface area contributed by atoms with Crippen LogP contribution < -0.4 is 0 Å². The third-order valence-corrected chi connectivity index (χ3v) is 3.45. The molecule has 3 aromatic rings. The fraction of sp³-hybridized carbons (Fsp3) is 0.0588. The molecule has 0 radical (unpaired) electrons. The summed E-state index contributed by atoms with van der Waals surface area (Å²) in [5.74, 6) is -0.256. The predicted molar refractivity (Wildman–Crippen MR) is 86.1 cm³/mol. The van der Waals surface area contributed by atoms with Crippen molar-refractivity contribution in [3.8, 4) is 22.5 Å². The van der Waals surface area contributed by atoms with Gasteiger partial charge in [-0.1, -0.05) is 42.5 Å². The quantitative estimate of drug-likeness (QED) is 0.545. The van der Waals surface area contributed by atoms with Gasteiger partial charge in [-0.25, -0.2) is 0 Å². The van der Waals surface area contributed by atoms with Crippen molar-refractivity contribution in [1.29, 1.82) is 0 Å². The number of carbonyl (C=O) groups is 1. The van der Waals surface area contributed by atoms with Crippen molar-refractivity contribution in [2.24, 2.45) is 0 Å². The molecule has 0 unspecified atom stereocenters. The van der Waals surface area contributed by atoms with E-state index in [0.717, 1.165) is 5.56 Å². The number of nitro benzene ring substituents is 1. The molecule has 23 heavy (non-hydrogen) atoms. The molecule has 6 nitrogen and oxygen atoms in total. The number of rotatable bonds is 3. The first-order valence-electron chi connectivity index (χ1n) is 6.98. The van der Waals surface area contributed by atoms with Crippen molar-refractivity contribution in [2.75, 3.05) is 0 Å². The highest BCUT2D eigenvalue weighted by atomic mass is 16.6. The van der Waals surface area contributed by atoms with Crippen LogP contribution >= 0.6 is 0 Å². The Kier molecular flexibility index (Phi) is 3.72. The highest BCUT2D eigenvalue weighted by molar-refractivity contribution is 5.84. The zero-order valence-corrected chi connectivity index (χ0v) is 12.3. The molecule has 114 valence electrons. The summed E-state index contributed by atoms with van der Waals surface area (Å²) in [5, 5.41) is 15.5. The van der Waals surface area contributed by atoms with E-state index in [0.29, 0.717) is 17.0 Å². The van der Waals surface area contributed by atoms with Crippen molar-refractivity contribution in [3.63, 3.8) is 0 Å². The van der Waals surface area contributed by atoms with E-state index in [4.69, 9.17) is 0 Å². The highest BCUT2D eigenvalue weighted by Gasteiger charge is 2.20. The lowest BCUT2D eigenvalue weighted by molar-refractivity contribution is -0.384. The summed E-state index contributed by atoms with van der Waals surface area (Å²) >= 11 is 0. The Morgan fingerprint density at radius 2 is 1.74 bits per heavy atom. The maximum Gasteiger partial charge on any atom is 0.278 e. The smallest absolute Gasteiger partial charge is 0.273 e. The highest BCUT2D eigenvalue weighted by Crippen LogP contribution is 2.31. The van der Waals surface area contributed by atoms with Crippen LogP contribution in [0.1, 0.15) is 11.7 Å². The second-order valence-electron chi connectivity index (χ2n) is 4.99. The van der Waals surface area contributed by atoms with Gasteiger partial charge in [-0.3, -0.25) is 14.9 Å². The van der Waals surface area contributed by atoms with Crippen LogP contribution in [0.2, 0.25) is 0 Å². The number of carbonyl (C=O) groups excluding carboxylic acids is 1. The number of hydrogen-bond acceptors (Lipinski definition) is 4. The standard InChI is InChI=1S/C17H13N3O3/c1-12(21)19-17(13-7-3-2-4-8-13)11-15(18-19)14-9-5-6-10-16(14)20(22)23/h2-11H,1H3. The average Bonchev–Trinajstić information content (AvgIpc) is 3.01. The molecule has 6 heteroatoms. The summed E-state index contributed by atoms with van der Waals surface area (Å²) < 4.78 is 1.27. The molecule has 0 fully saturated rings. The van der Waals surface area contributed by atoms with Crippen LogP contribution in [0.15, 0.2) is 60.7 Å². The largest absolute Gasteiger partial charge is 0.278 e. The first-order valence-corrected chi connectivity index (χ1v) is 6.98. The van der Waals surface area contributed by atoms with Crippen molar-refractivity contribution in [3.05, 3.63) is 70.8 Å². The van der Waals surface area contributed by atoms with Gasteiger partial charge in [-0.2, -0.15) is 9.78 Å². The first-order chi connectivity index (χ1) is 11.1. The molecule has 0 aliphatic rings. The summed E-state index contributed by atoms with van der Waals surface area (Å²) in [6.45, 7) is 1.41. The van der Waals surface area contributed by atoms with Crippen molar-refractivity contribution in [2.45, 2.75) is 6.92 Å². The van der Waals surface area contributed by atoms with Gasteiger partial charge < -0.3 is 0 Å². The molecule has 0 aliphatic carbocycles. The monoisotopic (exact) mass is 307 g/mol. The fourth-order valence-electron chi connectivity index (χ4n) is 2.42. The van der Waals surface area contributed by atoms with Crippen LogP contribution in [0.5, 0.6) is 0 Å². The minimum atomic E-state index is -0.454. The number of aromatic nitrogens is 2. The van der Waals surface area contributed by atoms with E-state index in [1.54, 1.807) is 24.3 Å². The van der Waals surface area contributed by atoms with E-state index in [1.807, 2.05) is 30.3 Å². The number of para-hydroxylation sites is 1. The maximum atomic E-state index is 11.9. The Balaban J connectivity index is 2.20. The van der Waals surface area contributed by atoms with Crippen LogP contribution in [0.4, 0.5) is 5.69 Å². The van der Waals surface area contributed by atoms with Gasteiger partial charge in [-0.05, 0) is 12.1 Å². The zero-order chi connectivity index (χ0) is 16.4. The zero-order valence-electron chi connectivity index (χ0n) is 12.3. The lowest BCUT2D eigenvalue weighted by Crippen LogP contribution is -2.09. The molecule has 3 rings (SSSR count). The van der Waals surface area contributed by atoms with Crippen LogP contribution in [0.25, 0.3) is 22.5 Å². The van der Waals surface area contributed by atoms with Gasteiger partial charge in [0, 0.05) is 18.6 Å². The molecule has 0 amide bonds. The molecule has 0 N–H and O–H groups in total. The second kappa shape index (κ2) is 5.84. The third kappa shape index (κ3) is 2.74. The molecule has 1 aromatic heterocycles. The minimum absolute atomic E-state index is 0.0414. The average molecular weight is 307 g/mol. The summed E-state index contributed by atoms with van der Waals surface area (Å²) in [7, 11) is 0. The predicted octanol–water partition coefficient (Wildman–Crippen LogP) is 3.79. The van der Waals surface area contributed by atoms with Gasteiger partial charge in [0.2, 0.25) is 5.91 Å². The molecule has 2 aromatic carbocycles. The van der Waals surface area contributed by atoms with E-state index in [9.17, 15) is 14.9 Å². The summed E-state index contributed by atoms with van der Waals surface area (Å²) in [5.41, 5.74) is 2.16. The van der Waals surface area contributed by atoms with E-state index >= 15 is 0 Å². The van der Waals surface area contributed by atoms with E-state index in [-0.39, 0.29) is 11.6 Å². The molecule has 0 aliphatic heterocycles. The van der Waals surface area contributed by atoms with Gasteiger partial charge in [0.15, 0.2) is 0 Å². The fourth-order valence-corrected chi connectivity index (χ4v) is 2.42. The minimum Gasteiger partial charge on any atom is -0.273 e. The number of benzene rings is 2. The van der Waals surface area contributed by atoms with E-state index in [2.05, 4.69) is 5.10 Å². The van der Waals surface area contributed by atoms with Crippen molar-refractivity contribution in [1.82, 2.24) is 9.78 Å². The Labute approximate surface area is 132 Å². The van der Waals surface area contributed by atoms with Gasteiger partial charge in [0.1, 0.15) is 5.69 Å². The topological polar surface area (TPSA) is 78.0 Å². The third-order valence-electron chi connectivity index (χ3n) is 3.45. The van der Waals surface area contributed by atoms with Gasteiger partial charge in [-0.15, -0.1) is 0 Å². The van der Waals surface area contributed by atoms with Crippen LogP contribution in [0.3, 0.4) is 0 Å². The molecular weight excluding hydrogens is 294 g/mol. The van der Waals surface area contributed by atoms with Crippen LogP contribution in [0, 0.1) is 10.1 Å². The lowest BCUT2D eigenvalue weighted by atomic mass is 10.1. The Bertz CT molecular complexity index is 885. The van der Waals surface area contributed by atoms with Crippen LogP contribution in [-0.2, 0) is 0 Å². The summed E-state index contributed by atoms with van der Waals surface area (Å²) in [6, 6.07) is 17.4. The lowest BCUT2D eigenvalue weighted by Gasteiger charge is -2.02. The van der Waals surface area contributed by atoms with E-state index < -0.39 is 4.92 Å². The normalized spacial score (nSPS) is 10.5. The Morgan fingerprint density at radius 3 is 2.39 bits per heavy atom. The number of hydrogen-bond donors (Lipinski definition) is 0. The maximum absolute atomic E-state index is 11.9. The molecule has 0 saturated heterocycles. The molecule has 1 heterocycles. The first kappa shape index (κ1) is 14.6. The number of nitro groups is 1. The second-order valence-corrected chi connectivity index (χ2v) is 4.99. The molecule has 0 bridgehead atoms. The van der Waals surface area contributed by atoms with E-state index in [1.165, 1.54) is 17.7 Å². The van der Waals surface area contributed by atoms with Gasteiger partial charge in [0.25, 0.3) is 5.69 Å². The van der Waals surface area contributed by atoms with Crippen molar-refractivity contribution < 1.29 is 9.72 Å². The Hall–Kier alpha value is -3.28. The Morgan fingerprint density at radius 1 is 1.09 bits per heavy atom. The molecule has 0 atom stereocenters.